The predicted molar refractivity (Wildman–Crippen MR) is 72.1 cm³/mol. The second kappa shape index (κ2) is 6.38. The molecular weight excluding hydrogens is 262 g/mol. The maximum atomic E-state index is 11.4. The number of carboxylic acid groups (broad SMARTS) is 1. The minimum Gasteiger partial charge on any atom is -0.479 e. The molecule has 0 unspecified atom stereocenters. The van der Waals surface area contributed by atoms with Crippen LogP contribution in [0.4, 0.5) is 4.79 Å². The quantitative estimate of drug-likeness (QED) is 0.782. The lowest BCUT2D eigenvalue weighted by Crippen LogP contribution is -2.32. The zero-order valence-corrected chi connectivity index (χ0v) is 11.7. The van der Waals surface area contributed by atoms with E-state index in [1.165, 1.54) is 12.1 Å². The normalized spacial score (nSPS) is 12.6. The van der Waals surface area contributed by atoms with E-state index in [0.717, 1.165) is 5.56 Å². The molecule has 1 aromatic carbocycles. The highest BCUT2D eigenvalue weighted by Crippen LogP contribution is 2.14. The molecule has 0 aliphatic carbocycles. The molecule has 6 heteroatoms. The summed E-state index contributed by atoms with van der Waals surface area (Å²) in [7, 11) is 0. The van der Waals surface area contributed by atoms with E-state index < -0.39 is 23.8 Å². The summed E-state index contributed by atoms with van der Waals surface area (Å²) < 4.78 is 5.09. The van der Waals surface area contributed by atoms with Gasteiger partial charge in [0.05, 0.1) is 0 Å². The van der Waals surface area contributed by atoms with Crippen LogP contribution in [0.5, 0.6) is 0 Å². The van der Waals surface area contributed by atoms with Crippen LogP contribution in [-0.4, -0.2) is 27.9 Å². The van der Waals surface area contributed by atoms with Crippen LogP contribution in [0.2, 0.25) is 0 Å². The number of hydrogen-bond acceptors (Lipinski definition) is 4. The largest absolute Gasteiger partial charge is 0.479 e. The van der Waals surface area contributed by atoms with Crippen molar-refractivity contribution < 1.29 is 24.5 Å². The Labute approximate surface area is 117 Å². The molecule has 0 fully saturated rings. The number of carboxylic acids is 1. The van der Waals surface area contributed by atoms with E-state index in [1.807, 2.05) is 0 Å². The molecular formula is C14H19NO5. The van der Waals surface area contributed by atoms with E-state index in [2.05, 4.69) is 5.32 Å². The Morgan fingerprint density at radius 3 is 2.25 bits per heavy atom. The van der Waals surface area contributed by atoms with Gasteiger partial charge in [0, 0.05) is 6.54 Å². The Bertz CT molecular complexity index is 475. The van der Waals surface area contributed by atoms with Crippen LogP contribution in [0, 0.1) is 0 Å². The van der Waals surface area contributed by atoms with E-state index in [-0.39, 0.29) is 6.54 Å². The summed E-state index contributed by atoms with van der Waals surface area (Å²) in [5.41, 5.74) is 0.509. The predicted octanol–water partition coefficient (Wildman–Crippen LogP) is 1.83. The third-order valence-electron chi connectivity index (χ3n) is 2.37. The maximum absolute atomic E-state index is 11.4. The van der Waals surface area contributed by atoms with Gasteiger partial charge < -0.3 is 20.3 Å². The molecule has 1 aromatic rings. The van der Waals surface area contributed by atoms with E-state index in [9.17, 15) is 14.7 Å². The highest BCUT2D eigenvalue weighted by Gasteiger charge is 2.17. The topological polar surface area (TPSA) is 95.9 Å². The molecule has 0 saturated carbocycles. The van der Waals surface area contributed by atoms with E-state index in [4.69, 9.17) is 9.84 Å². The van der Waals surface area contributed by atoms with Gasteiger partial charge in [0.1, 0.15) is 5.60 Å². The number of aliphatic hydroxyl groups is 1. The van der Waals surface area contributed by atoms with Crippen molar-refractivity contribution in [3.8, 4) is 0 Å². The lowest BCUT2D eigenvalue weighted by Gasteiger charge is -2.19. The van der Waals surface area contributed by atoms with Crippen LogP contribution < -0.4 is 5.32 Å². The van der Waals surface area contributed by atoms with Crippen molar-refractivity contribution in [1.82, 2.24) is 5.32 Å². The molecule has 0 spiro atoms. The molecule has 20 heavy (non-hydrogen) atoms. The molecule has 0 aromatic heterocycles. The molecule has 0 saturated heterocycles. The van der Waals surface area contributed by atoms with Crippen LogP contribution in [-0.2, 0) is 16.1 Å². The lowest BCUT2D eigenvalue weighted by atomic mass is 10.1. The fourth-order valence-corrected chi connectivity index (χ4v) is 1.45. The van der Waals surface area contributed by atoms with E-state index >= 15 is 0 Å². The first-order valence-electron chi connectivity index (χ1n) is 6.15. The third-order valence-corrected chi connectivity index (χ3v) is 2.37. The summed E-state index contributed by atoms with van der Waals surface area (Å²) >= 11 is 0. The molecule has 3 N–H and O–H groups in total. The summed E-state index contributed by atoms with van der Waals surface area (Å²) in [6.45, 7) is 5.58. The van der Waals surface area contributed by atoms with Crippen molar-refractivity contribution in [3.63, 3.8) is 0 Å². The van der Waals surface area contributed by atoms with Crippen LogP contribution >= 0.6 is 0 Å². The first-order chi connectivity index (χ1) is 9.19. The van der Waals surface area contributed by atoms with Gasteiger partial charge in [-0.3, -0.25) is 0 Å². The van der Waals surface area contributed by atoms with Gasteiger partial charge in [-0.2, -0.15) is 0 Å². The zero-order chi connectivity index (χ0) is 15.3. The maximum Gasteiger partial charge on any atom is 0.407 e. The Kier molecular flexibility index (Phi) is 5.10. The van der Waals surface area contributed by atoms with Gasteiger partial charge >= 0.3 is 12.1 Å². The fraction of sp³-hybridized carbons (Fsp3) is 0.429. The molecule has 0 radical (unpaired) electrons. The van der Waals surface area contributed by atoms with Crippen molar-refractivity contribution >= 4 is 12.1 Å². The highest BCUT2D eigenvalue weighted by molar-refractivity contribution is 5.74. The molecule has 0 heterocycles. The number of carbonyl (C=O) groups excluding carboxylic acids is 1. The number of carbonyl (C=O) groups is 2. The minimum absolute atomic E-state index is 0.262. The number of alkyl carbamates (subject to hydrolysis) is 1. The van der Waals surface area contributed by atoms with Crippen LogP contribution in [0.3, 0.4) is 0 Å². The van der Waals surface area contributed by atoms with E-state index in [0.29, 0.717) is 5.56 Å². The standard InChI is InChI=1S/C14H19NO5/c1-14(2,3)20-13(19)15-8-9-4-6-10(7-5-9)11(16)12(17)18/h4-7,11,16H,8H2,1-3H3,(H,15,19)(H,17,18)/t11-/m1/s1. The average Bonchev–Trinajstić information content (AvgIpc) is 2.34. The molecule has 0 aliphatic heterocycles. The Morgan fingerprint density at radius 1 is 1.25 bits per heavy atom. The minimum atomic E-state index is -1.54. The van der Waals surface area contributed by atoms with Crippen LogP contribution in [0.25, 0.3) is 0 Å². The molecule has 0 aliphatic rings. The van der Waals surface area contributed by atoms with Crippen molar-refractivity contribution in [3.05, 3.63) is 35.4 Å². The van der Waals surface area contributed by atoms with Crippen LogP contribution in [0.15, 0.2) is 24.3 Å². The molecule has 1 atom stereocenters. The number of hydrogen-bond donors (Lipinski definition) is 3. The second-order valence-electron chi connectivity index (χ2n) is 5.34. The summed E-state index contributed by atoms with van der Waals surface area (Å²) in [6.07, 6.45) is -2.06. The molecule has 1 amide bonds. The van der Waals surface area contributed by atoms with Gasteiger partial charge in [-0.1, -0.05) is 24.3 Å². The summed E-state index contributed by atoms with van der Waals surface area (Å²) in [5.74, 6) is -1.30. The van der Waals surface area contributed by atoms with Crippen molar-refractivity contribution in [2.24, 2.45) is 0 Å². The van der Waals surface area contributed by atoms with Gasteiger partial charge in [-0.15, -0.1) is 0 Å². The van der Waals surface area contributed by atoms with Crippen LogP contribution in [0.1, 0.15) is 38.0 Å². The number of aliphatic hydroxyl groups excluding tert-OH is 1. The van der Waals surface area contributed by atoms with Crippen molar-refractivity contribution in [2.75, 3.05) is 0 Å². The zero-order valence-electron chi connectivity index (χ0n) is 11.7. The van der Waals surface area contributed by atoms with Gasteiger partial charge in [-0.25, -0.2) is 9.59 Å². The second-order valence-corrected chi connectivity index (χ2v) is 5.34. The van der Waals surface area contributed by atoms with Gasteiger partial charge in [0.25, 0.3) is 0 Å². The Hall–Kier alpha value is -2.08. The number of ether oxygens (including phenoxy) is 1. The highest BCUT2D eigenvalue weighted by atomic mass is 16.6. The van der Waals surface area contributed by atoms with Gasteiger partial charge in [-0.05, 0) is 31.9 Å². The Balaban J connectivity index is 2.54. The molecule has 110 valence electrons. The first kappa shape index (κ1) is 16.0. The molecule has 6 nitrogen and oxygen atoms in total. The van der Waals surface area contributed by atoms with Gasteiger partial charge in [0.15, 0.2) is 6.10 Å². The van der Waals surface area contributed by atoms with Crippen molar-refractivity contribution in [2.45, 2.75) is 39.0 Å². The average molecular weight is 281 g/mol. The fourth-order valence-electron chi connectivity index (χ4n) is 1.45. The van der Waals surface area contributed by atoms with Crippen molar-refractivity contribution in [1.29, 1.82) is 0 Å². The summed E-state index contributed by atoms with van der Waals surface area (Å²) in [5, 5.41) is 20.6. The number of benzene rings is 1. The SMILES string of the molecule is CC(C)(C)OC(=O)NCc1ccc([C@@H](O)C(=O)O)cc1. The number of nitrogens with one attached hydrogen (secondary N) is 1. The number of amides is 1. The summed E-state index contributed by atoms with van der Waals surface area (Å²) in [4.78, 5) is 22.1. The first-order valence-corrected chi connectivity index (χ1v) is 6.15. The molecule has 0 bridgehead atoms. The van der Waals surface area contributed by atoms with Gasteiger partial charge in [0.2, 0.25) is 0 Å². The van der Waals surface area contributed by atoms with E-state index in [1.54, 1.807) is 32.9 Å². The number of aliphatic carboxylic acids is 1. The monoisotopic (exact) mass is 281 g/mol. The third kappa shape index (κ3) is 5.27. The smallest absolute Gasteiger partial charge is 0.407 e. The molecule has 1 rings (SSSR count). The summed E-state index contributed by atoms with van der Waals surface area (Å²) in [6, 6.07) is 6.29. The number of rotatable bonds is 4. The lowest BCUT2D eigenvalue weighted by molar-refractivity contribution is -0.146. The Morgan fingerprint density at radius 2 is 1.80 bits per heavy atom.